The molecular formula is C13H20N2O. The molecule has 1 aliphatic rings. The lowest BCUT2D eigenvalue weighted by atomic mass is 9.81. The zero-order valence-corrected chi connectivity index (χ0v) is 9.84. The minimum atomic E-state index is 0.236. The molecule has 1 N–H and O–H groups in total. The number of piperidine rings is 1. The number of hydrogen-bond donors (Lipinski definition) is 1. The number of rotatable bonds is 3. The first-order valence-electron chi connectivity index (χ1n) is 6.00. The van der Waals surface area contributed by atoms with Crippen LogP contribution in [0, 0.1) is 5.92 Å². The van der Waals surface area contributed by atoms with E-state index in [2.05, 4.69) is 23.0 Å². The summed E-state index contributed by atoms with van der Waals surface area (Å²) >= 11 is 0. The highest BCUT2D eigenvalue weighted by molar-refractivity contribution is 5.16. The molecule has 2 rings (SSSR count). The quantitative estimate of drug-likeness (QED) is 0.838. The Morgan fingerprint density at radius 2 is 2.25 bits per heavy atom. The molecule has 1 aromatic heterocycles. The number of likely N-dealkylation sites (tertiary alicyclic amines) is 1. The standard InChI is InChI=1S/C13H20N2O/c1-15-7-4-11(5-8-15)13(10-16)12-3-2-6-14-9-12/h2-3,6,9,11,13,16H,4-5,7-8,10H2,1H3. The predicted molar refractivity (Wildman–Crippen MR) is 64.3 cm³/mol. The van der Waals surface area contributed by atoms with Crippen LogP contribution in [0.4, 0.5) is 0 Å². The Balaban J connectivity index is 2.05. The van der Waals surface area contributed by atoms with Crippen molar-refractivity contribution in [1.29, 1.82) is 0 Å². The molecule has 1 aliphatic heterocycles. The van der Waals surface area contributed by atoms with Crippen LogP contribution in [-0.4, -0.2) is 41.7 Å². The third kappa shape index (κ3) is 2.60. The van der Waals surface area contributed by atoms with Gasteiger partial charge in [0.1, 0.15) is 0 Å². The van der Waals surface area contributed by atoms with Crippen molar-refractivity contribution < 1.29 is 5.11 Å². The molecular weight excluding hydrogens is 200 g/mol. The molecule has 1 aromatic rings. The van der Waals surface area contributed by atoms with E-state index in [1.807, 2.05) is 12.3 Å². The normalized spacial score (nSPS) is 20.9. The van der Waals surface area contributed by atoms with E-state index in [0.717, 1.165) is 13.1 Å². The van der Waals surface area contributed by atoms with Crippen LogP contribution < -0.4 is 0 Å². The van der Waals surface area contributed by atoms with Gasteiger partial charge in [-0.15, -0.1) is 0 Å². The molecule has 3 heteroatoms. The fourth-order valence-electron chi connectivity index (χ4n) is 2.55. The summed E-state index contributed by atoms with van der Waals surface area (Å²) in [5.74, 6) is 0.868. The Kier molecular flexibility index (Phi) is 3.91. The van der Waals surface area contributed by atoms with Gasteiger partial charge in [0.05, 0.1) is 6.61 Å². The zero-order chi connectivity index (χ0) is 11.4. The maximum atomic E-state index is 9.56. The first kappa shape index (κ1) is 11.6. The lowest BCUT2D eigenvalue weighted by molar-refractivity contribution is 0.156. The molecule has 1 atom stereocenters. The predicted octanol–water partition coefficient (Wildman–Crippen LogP) is 1.50. The molecule has 3 nitrogen and oxygen atoms in total. The van der Waals surface area contributed by atoms with E-state index in [1.54, 1.807) is 6.20 Å². The topological polar surface area (TPSA) is 36.4 Å². The van der Waals surface area contributed by atoms with Crippen molar-refractivity contribution in [2.75, 3.05) is 26.7 Å². The van der Waals surface area contributed by atoms with Gasteiger partial charge in [-0.1, -0.05) is 6.07 Å². The largest absolute Gasteiger partial charge is 0.396 e. The van der Waals surface area contributed by atoms with E-state index in [-0.39, 0.29) is 12.5 Å². The summed E-state index contributed by atoms with van der Waals surface area (Å²) in [6.07, 6.45) is 6.03. The van der Waals surface area contributed by atoms with Crippen molar-refractivity contribution in [3.8, 4) is 0 Å². The van der Waals surface area contributed by atoms with E-state index in [1.165, 1.54) is 18.4 Å². The number of nitrogens with zero attached hydrogens (tertiary/aromatic N) is 2. The van der Waals surface area contributed by atoms with Gasteiger partial charge in [0.25, 0.3) is 0 Å². The highest BCUT2D eigenvalue weighted by Crippen LogP contribution is 2.31. The van der Waals surface area contributed by atoms with Crippen LogP contribution >= 0.6 is 0 Å². The van der Waals surface area contributed by atoms with E-state index >= 15 is 0 Å². The maximum Gasteiger partial charge on any atom is 0.0502 e. The molecule has 16 heavy (non-hydrogen) atoms. The average Bonchev–Trinajstić information content (AvgIpc) is 2.34. The van der Waals surface area contributed by atoms with Crippen LogP contribution in [0.5, 0.6) is 0 Å². The van der Waals surface area contributed by atoms with Crippen molar-refractivity contribution in [1.82, 2.24) is 9.88 Å². The molecule has 0 amide bonds. The maximum absolute atomic E-state index is 9.56. The molecule has 0 aliphatic carbocycles. The van der Waals surface area contributed by atoms with Crippen molar-refractivity contribution in [3.63, 3.8) is 0 Å². The second-order valence-corrected chi connectivity index (χ2v) is 4.72. The molecule has 0 spiro atoms. The summed E-state index contributed by atoms with van der Waals surface area (Å²) in [5.41, 5.74) is 1.18. The lowest BCUT2D eigenvalue weighted by Crippen LogP contribution is -2.33. The molecule has 0 aromatic carbocycles. The summed E-state index contributed by atoms with van der Waals surface area (Å²) in [4.78, 5) is 6.50. The molecule has 0 radical (unpaired) electrons. The van der Waals surface area contributed by atoms with Crippen LogP contribution in [-0.2, 0) is 0 Å². The number of aromatic nitrogens is 1. The van der Waals surface area contributed by atoms with E-state index in [0.29, 0.717) is 5.92 Å². The van der Waals surface area contributed by atoms with Crippen molar-refractivity contribution in [2.24, 2.45) is 5.92 Å². The fourth-order valence-corrected chi connectivity index (χ4v) is 2.55. The Hall–Kier alpha value is -0.930. The Morgan fingerprint density at radius 3 is 2.81 bits per heavy atom. The lowest BCUT2D eigenvalue weighted by Gasteiger charge is -2.33. The van der Waals surface area contributed by atoms with Crippen molar-refractivity contribution in [2.45, 2.75) is 18.8 Å². The molecule has 1 unspecified atom stereocenters. The minimum Gasteiger partial charge on any atom is -0.396 e. The minimum absolute atomic E-state index is 0.236. The van der Waals surface area contributed by atoms with Crippen LogP contribution in [0.3, 0.4) is 0 Å². The Bertz CT molecular complexity index is 307. The van der Waals surface area contributed by atoms with Gasteiger partial charge in [0, 0.05) is 18.3 Å². The number of hydrogen-bond acceptors (Lipinski definition) is 3. The third-order valence-corrected chi connectivity index (χ3v) is 3.64. The van der Waals surface area contributed by atoms with Gasteiger partial charge in [-0.05, 0) is 50.5 Å². The van der Waals surface area contributed by atoms with E-state index < -0.39 is 0 Å². The fraction of sp³-hybridized carbons (Fsp3) is 0.615. The summed E-state index contributed by atoms with van der Waals surface area (Å²) in [5, 5.41) is 9.56. The Morgan fingerprint density at radius 1 is 1.50 bits per heavy atom. The van der Waals surface area contributed by atoms with Crippen LogP contribution in [0.2, 0.25) is 0 Å². The van der Waals surface area contributed by atoms with E-state index in [9.17, 15) is 5.11 Å². The number of aliphatic hydroxyl groups excluding tert-OH is 1. The molecule has 0 saturated carbocycles. The monoisotopic (exact) mass is 220 g/mol. The molecule has 2 heterocycles. The van der Waals surface area contributed by atoms with Gasteiger partial charge >= 0.3 is 0 Å². The molecule has 1 fully saturated rings. The van der Waals surface area contributed by atoms with Gasteiger partial charge in [-0.2, -0.15) is 0 Å². The summed E-state index contributed by atoms with van der Waals surface area (Å²) in [6.45, 7) is 2.52. The van der Waals surface area contributed by atoms with Crippen LogP contribution in [0.15, 0.2) is 24.5 Å². The summed E-state index contributed by atoms with van der Waals surface area (Å²) < 4.78 is 0. The van der Waals surface area contributed by atoms with E-state index in [4.69, 9.17) is 0 Å². The van der Waals surface area contributed by atoms with Gasteiger partial charge in [-0.3, -0.25) is 4.98 Å². The zero-order valence-electron chi connectivity index (χ0n) is 9.84. The number of aliphatic hydroxyl groups is 1. The van der Waals surface area contributed by atoms with Gasteiger partial charge in [0.2, 0.25) is 0 Å². The average molecular weight is 220 g/mol. The second-order valence-electron chi connectivity index (χ2n) is 4.72. The third-order valence-electron chi connectivity index (χ3n) is 3.64. The van der Waals surface area contributed by atoms with Crippen molar-refractivity contribution in [3.05, 3.63) is 30.1 Å². The molecule has 88 valence electrons. The summed E-state index contributed by atoms with van der Waals surface area (Å²) in [6, 6.07) is 4.03. The molecule has 1 saturated heterocycles. The summed E-state index contributed by atoms with van der Waals surface area (Å²) in [7, 11) is 2.16. The van der Waals surface area contributed by atoms with Crippen LogP contribution in [0.1, 0.15) is 24.3 Å². The number of pyridine rings is 1. The molecule has 0 bridgehead atoms. The first-order valence-corrected chi connectivity index (χ1v) is 6.00. The van der Waals surface area contributed by atoms with Gasteiger partial charge < -0.3 is 10.0 Å². The van der Waals surface area contributed by atoms with Crippen LogP contribution in [0.25, 0.3) is 0 Å². The van der Waals surface area contributed by atoms with Gasteiger partial charge in [-0.25, -0.2) is 0 Å². The smallest absolute Gasteiger partial charge is 0.0502 e. The Labute approximate surface area is 97.1 Å². The highest BCUT2D eigenvalue weighted by Gasteiger charge is 2.25. The second kappa shape index (κ2) is 5.41. The van der Waals surface area contributed by atoms with Gasteiger partial charge in [0.15, 0.2) is 0 Å². The van der Waals surface area contributed by atoms with Crippen molar-refractivity contribution >= 4 is 0 Å². The SMILES string of the molecule is CN1CCC(C(CO)c2cccnc2)CC1. The highest BCUT2D eigenvalue weighted by atomic mass is 16.3. The first-order chi connectivity index (χ1) is 7.81.